The van der Waals surface area contributed by atoms with E-state index in [-0.39, 0.29) is 10.1 Å². The van der Waals surface area contributed by atoms with Gasteiger partial charge in [0, 0.05) is 6.00 Å². The second-order valence-corrected chi connectivity index (χ2v) is 20.0. The van der Waals surface area contributed by atoms with Crippen LogP contribution in [0.2, 0.25) is 36.3 Å². The predicted octanol–water partition coefficient (Wildman–Crippen LogP) is 4.25. The van der Waals surface area contributed by atoms with Crippen LogP contribution in [0.5, 0.6) is 0 Å². The molecule has 2 radical (unpaired) electrons. The van der Waals surface area contributed by atoms with Gasteiger partial charge < -0.3 is 18.4 Å². The third kappa shape index (κ3) is 4.67. The van der Waals surface area contributed by atoms with Gasteiger partial charge in [0.25, 0.3) is 0 Å². The Morgan fingerprint density at radius 1 is 0.960 bits per heavy atom. The highest BCUT2D eigenvalue weighted by Crippen LogP contribution is 2.45. The zero-order chi connectivity index (χ0) is 20.1. The zero-order valence-electron chi connectivity index (χ0n) is 18.0. The molecule has 7 heteroatoms. The summed E-state index contributed by atoms with van der Waals surface area (Å²) < 4.78 is 19.0. The number of hydrogen-bond donors (Lipinski definition) is 0. The van der Waals surface area contributed by atoms with Gasteiger partial charge in [-0.1, -0.05) is 41.5 Å². The molecule has 4 nitrogen and oxygen atoms in total. The van der Waals surface area contributed by atoms with Gasteiger partial charge in [0.05, 0.1) is 6.10 Å². The van der Waals surface area contributed by atoms with Gasteiger partial charge >= 0.3 is 0 Å². The summed E-state index contributed by atoms with van der Waals surface area (Å²) >= 11 is 0. The molecule has 1 aliphatic rings. The molecule has 0 saturated carbocycles. The van der Waals surface area contributed by atoms with Crippen molar-refractivity contribution in [1.29, 1.82) is 0 Å². The molecule has 0 N–H and O–H groups in total. The first-order chi connectivity index (χ1) is 10.9. The number of carbonyl (C=O) groups is 1. The molecule has 0 aromatic heterocycles. The Bertz CT molecular complexity index is 496. The van der Waals surface area contributed by atoms with Gasteiger partial charge in [-0.3, -0.25) is 0 Å². The normalized spacial score (nSPS) is 32.0. The van der Waals surface area contributed by atoms with Crippen LogP contribution < -0.4 is 0 Å². The average Bonchev–Trinajstić information content (AvgIpc) is 2.60. The summed E-state index contributed by atoms with van der Waals surface area (Å²) in [7, 11) is 2.03. The maximum Gasteiger partial charge on any atom is 0.192 e. The fourth-order valence-electron chi connectivity index (χ4n) is 2.34. The fraction of sp³-hybridized carbons (Fsp3) is 0.944. The van der Waals surface area contributed by atoms with Crippen LogP contribution in [0.3, 0.4) is 0 Å². The number of aldehydes is 1. The molecule has 0 amide bonds. The second-order valence-electron chi connectivity index (χ2n) is 10.5. The minimum Gasteiger partial charge on any atom is -0.409 e. The van der Waals surface area contributed by atoms with Gasteiger partial charge in [-0.25, -0.2) is 0 Å². The summed E-state index contributed by atoms with van der Waals surface area (Å²) in [5, 5.41) is 0.0550. The van der Waals surface area contributed by atoms with Crippen molar-refractivity contribution in [2.45, 2.75) is 109 Å². The van der Waals surface area contributed by atoms with Gasteiger partial charge in [-0.05, 0) is 43.2 Å². The Morgan fingerprint density at radius 2 is 1.36 bits per heavy atom. The first-order valence-electron chi connectivity index (χ1n) is 9.13. The smallest absolute Gasteiger partial charge is 0.192 e. The lowest BCUT2D eigenvalue weighted by Gasteiger charge is -2.45. The minimum atomic E-state index is -2.13. The van der Waals surface area contributed by atoms with Gasteiger partial charge in [0.1, 0.15) is 19.6 Å². The van der Waals surface area contributed by atoms with Crippen LogP contribution in [0.15, 0.2) is 0 Å². The molecular formula is C18H37BO4Si2. The molecule has 1 saturated heterocycles. The third-order valence-corrected chi connectivity index (χ3v) is 15.2. The second kappa shape index (κ2) is 6.89. The molecule has 1 heterocycles. The average molecular weight is 384 g/mol. The van der Waals surface area contributed by atoms with Crippen molar-refractivity contribution in [3.05, 3.63) is 0 Å². The van der Waals surface area contributed by atoms with E-state index < -0.39 is 40.4 Å². The van der Waals surface area contributed by atoms with Gasteiger partial charge in [-0.2, -0.15) is 0 Å². The Balaban J connectivity index is 3.23. The highest BCUT2D eigenvalue weighted by molar-refractivity contribution is 6.74. The highest BCUT2D eigenvalue weighted by Gasteiger charge is 2.57. The quantitative estimate of drug-likeness (QED) is 0.525. The van der Waals surface area contributed by atoms with Crippen LogP contribution in [0, 0.1) is 0 Å². The van der Waals surface area contributed by atoms with Crippen LogP contribution >= 0.6 is 0 Å². The van der Waals surface area contributed by atoms with Crippen molar-refractivity contribution < 1.29 is 18.4 Å². The summed E-state index contributed by atoms with van der Waals surface area (Å²) in [4.78, 5) is 11.8. The minimum absolute atomic E-state index is 0.0189. The molecule has 0 aliphatic carbocycles. The molecule has 144 valence electrons. The molecule has 0 aromatic carbocycles. The van der Waals surface area contributed by atoms with E-state index in [1.54, 1.807) is 6.92 Å². The molecule has 25 heavy (non-hydrogen) atoms. The van der Waals surface area contributed by atoms with Gasteiger partial charge in [0.15, 0.2) is 22.9 Å². The lowest BCUT2D eigenvalue weighted by molar-refractivity contribution is -0.131. The first kappa shape index (κ1) is 23.1. The number of rotatable bonds is 5. The zero-order valence-corrected chi connectivity index (χ0v) is 20.0. The van der Waals surface area contributed by atoms with Crippen LogP contribution in [0.4, 0.5) is 0 Å². The molecule has 1 aliphatic heterocycles. The van der Waals surface area contributed by atoms with Crippen LogP contribution in [0.1, 0.15) is 48.5 Å². The van der Waals surface area contributed by atoms with E-state index in [0.29, 0.717) is 0 Å². The third-order valence-electron chi connectivity index (χ3n) is 6.28. The predicted molar refractivity (Wildman–Crippen MR) is 109 cm³/mol. The van der Waals surface area contributed by atoms with Crippen LogP contribution in [-0.4, -0.2) is 54.6 Å². The van der Waals surface area contributed by atoms with E-state index in [2.05, 4.69) is 67.7 Å². The van der Waals surface area contributed by atoms with Crippen LogP contribution in [-0.2, 0) is 18.4 Å². The maximum absolute atomic E-state index is 11.8. The van der Waals surface area contributed by atoms with Gasteiger partial charge in [0.2, 0.25) is 0 Å². The van der Waals surface area contributed by atoms with E-state index in [0.717, 1.165) is 6.29 Å². The van der Waals surface area contributed by atoms with Crippen molar-refractivity contribution in [3.63, 3.8) is 0 Å². The largest absolute Gasteiger partial charge is 0.409 e. The van der Waals surface area contributed by atoms with Crippen molar-refractivity contribution >= 4 is 30.8 Å². The standard InChI is InChI=1S/C18H37BO4Si2/c1-16(2,3)24(8,9)22-13-14(18(7,12-20)21-15(13)19)23-25(10,11)17(4,5)6/h12-15H,1-11H3/t13-,14+,15-,18+/m1/s1. The Kier molecular flexibility index (Phi) is 6.37. The summed E-state index contributed by atoms with van der Waals surface area (Å²) in [6, 6.07) is -0.668. The van der Waals surface area contributed by atoms with Crippen molar-refractivity contribution in [2.75, 3.05) is 0 Å². The lowest BCUT2D eigenvalue weighted by Crippen LogP contribution is -2.56. The fourth-order valence-corrected chi connectivity index (χ4v) is 4.99. The van der Waals surface area contributed by atoms with Gasteiger partial charge in [-0.15, -0.1) is 0 Å². The molecule has 0 aromatic rings. The molecule has 1 fully saturated rings. The van der Waals surface area contributed by atoms with Crippen molar-refractivity contribution in [1.82, 2.24) is 0 Å². The summed E-state index contributed by atoms with van der Waals surface area (Å²) in [5.41, 5.74) is -1.08. The Labute approximate surface area is 158 Å². The number of ether oxygens (including phenoxy) is 1. The maximum atomic E-state index is 11.8. The molecule has 4 atom stereocenters. The molecule has 0 unspecified atom stereocenters. The number of hydrogen-bond acceptors (Lipinski definition) is 4. The first-order valence-corrected chi connectivity index (χ1v) is 14.9. The van der Waals surface area contributed by atoms with Crippen molar-refractivity contribution in [3.8, 4) is 0 Å². The number of carbonyl (C=O) groups excluding carboxylic acids is 1. The Hall–Kier alpha value is 0.0487. The topological polar surface area (TPSA) is 44.8 Å². The van der Waals surface area contributed by atoms with E-state index in [9.17, 15) is 4.79 Å². The molecule has 1 rings (SSSR count). The van der Waals surface area contributed by atoms with Crippen molar-refractivity contribution in [2.24, 2.45) is 0 Å². The SMILES string of the molecule is [B][C@@H]1O[C@@](C)(C=O)[C@@H](O[Si](C)(C)C(C)(C)C)[C@H]1O[Si](C)(C)C(C)(C)C. The monoisotopic (exact) mass is 384 g/mol. The highest BCUT2D eigenvalue weighted by atomic mass is 28.4. The summed E-state index contributed by atoms with van der Waals surface area (Å²) in [5.74, 6) is 0. The lowest BCUT2D eigenvalue weighted by atomic mass is 9.90. The molecular weight excluding hydrogens is 347 g/mol. The van der Waals surface area contributed by atoms with E-state index in [1.165, 1.54) is 0 Å². The summed E-state index contributed by atoms with van der Waals surface area (Å²) in [6.07, 6.45) is -0.111. The van der Waals surface area contributed by atoms with E-state index in [4.69, 9.17) is 21.4 Å². The Morgan fingerprint density at radius 3 is 1.72 bits per heavy atom. The van der Waals surface area contributed by atoms with E-state index in [1.807, 2.05) is 0 Å². The van der Waals surface area contributed by atoms with E-state index >= 15 is 0 Å². The molecule has 0 bridgehead atoms. The molecule has 0 spiro atoms. The summed E-state index contributed by atoms with van der Waals surface area (Å²) in [6.45, 7) is 23.5. The van der Waals surface area contributed by atoms with Crippen LogP contribution in [0.25, 0.3) is 0 Å².